The number of halogens is 1. The third kappa shape index (κ3) is 3.51. The first-order chi connectivity index (χ1) is 12.9. The summed E-state index contributed by atoms with van der Waals surface area (Å²) in [7, 11) is 0. The average Bonchev–Trinajstić information content (AvgIpc) is 2.65. The minimum absolute atomic E-state index is 0.0740. The van der Waals surface area contributed by atoms with E-state index in [-0.39, 0.29) is 17.6 Å². The van der Waals surface area contributed by atoms with Crippen molar-refractivity contribution < 1.29 is 14.0 Å². The van der Waals surface area contributed by atoms with Crippen molar-refractivity contribution in [2.75, 3.05) is 5.32 Å². The summed E-state index contributed by atoms with van der Waals surface area (Å²) in [5.41, 5.74) is 6.35. The molecule has 2 atom stereocenters. The lowest BCUT2D eigenvalue weighted by atomic mass is 9.76. The highest BCUT2D eigenvalue weighted by Crippen LogP contribution is 2.40. The lowest BCUT2D eigenvalue weighted by molar-refractivity contribution is -0.126. The van der Waals surface area contributed by atoms with Crippen LogP contribution in [0.15, 0.2) is 47.6 Å². The number of guanidine groups is 1. The molecule has 2 heterocycles. The zero-order chi connectivity index (χ0) is 19.6. The fourth-order valence-electron chi connectivity index (χ4n) is 3.27. The third-order valence-electron chi connectivity index (χ3n) is 4.80. The van der Waals surface area contributed by atoms with Crippen molar-refractivity contribution in [1.82, 2.24) is 10.3 Å². The minimum Gasteiger partial charge on any atom is -0.370 e. The Morgan fingerprint density at radius 3 is 2.81 bits per heavy atom. The number of nitrogens with zero attached hydrogens (tertiary/aromatic N) is 2. The minimum atomic E-state index is -0.818. The second kappa shape index (κ2) is 7.14. The van der Waals surface area contributed by atoms with E-state index in [2.05, 4.69) is 20.6 Å². The molecule has 7 nitrogen and oxygen atoms in total. The number of aliphatic imine (C=N–C) groups is 1. The van der Waals surface area contributed by atoms with Crippen LogP contribution in [0, 0.1) is 11.7 Å². The van der Waals surface area contributed by atoms with Gasteiger partial charge in [0.2, 0.25) is 5.91 Å². The molecule has 1 aromatic heterocycles. The lowest BCUT2D eigenvalue weighted by Gasteiger charge is -2.38. The second-order valence-corrected chi connectivity index (χ2v) is 6.38. The van der Waals surface area contributed by atoms with Crippen LogP contribution in [0.3, 0.4) is 0 Å². The van der Waals surface area contributed by atoms with E-state index < -0.39 is 23.2 Å². The van der Waals surface area contributed by atoms with Crippen molar-refractivity contribution >= 4 is 23.5 Å². The molecular formula is C19H20FN5O2. The monoisotopic (exact) mass is 369 g/mol. The maximum Gasteiger partial charge on any atom is 0.274 e. The largest absolute Gasteiger partial charge is 0.370 e. The molecule has 1 aliphatic rings. The number of hydrogen-bond acceptors (Lipinski definition) is 5. The molecule has 8 heteroatoms. The van der Waals surface area contributed by atoms with E-state index in [1.54, 1.807) is 25.1 Å². The first kappa shape index (κ1) is 18.5. The number of amides is 2. The molecule has 1 aromatic carbocycles. The highest BCUT2D eigenvalue weighted by Gasteiger charge is 2.43. The molecule has 0 bridgehead atoms. The van der Waals surface area contributed by atoms with Crippen molar-refractivity contribution in [3.05, 3.63) is 59.7 Å². The number of aromatic nitrogens is 1. The molecule has 1 aliphatic heterocycles. The normalized spacial score (nSPS) is 22.0. The summed E-state index contributed by atoms with van der Waals surface area (Å²) in [4.78, 5) is 32.9. The zero-order valence-corrected chi connectivity index (χ0v) is 15.0. The lowest BCUT2D eigenvalue weighted by Crippen LogP contribution is -2.53. The maximum absolute atomic E-state index is 13.0. The molecule has 0 spiro atoms. The van der Waals surface area contributed by atoms with Crippen molar-refractivity contribution in [3.8, 4) is 0 Å². The topological polar surface area (TPSA) is 109 Å². The predicted octanol–water partition coefficient (Wildman–Crippen LogP) is 2.16. The standard InChI is InChI=1S/C19H20FN5O2/c1-3-19(11(2)16(26)24-18(21)25-19)12-5-4-6-14(9-12)23-17(27)15-8-7-13(20)10-22-15/h4-11H,3H2,1-2H3,(H,23,27)(H3,21,24,25,26)/t11?,19-/m0/s1. The van der Waals surface area contributed by atoms with E-state index in [1.807, 2.05) is 13.0 Å². The Kier molecular flexibility index (Phi) is 4.89. The van der Waals surface area contributed by atoms with Crippen LogP contribution in [0.2, 0.25) is 0 Å². The maximum atomic E-state index is 13.0. The summed E-state index contributed by atoms with van der Waals surface area (Å²) in [6.07, 6.45) is 1.54. The number of nitrogens with two attached hydrogens (primary N) is 1. The quantitative estimate of drug-likeness (QED) is 0.767. The van der Waals surface area contributed by atoms with E-state index in [1.165, 1.54) is 12.1 Å². The van der Waals surface area contributed by atoms with Crippen molar-refractivity contribution in [1.29, 1.82) is 0 Å². The Balaban J connectivity index is 1.92. The van der Waals surface area contributed by atoms with Crippen LogP contribution in [-0.4, -0.2) is 22.8 Å². The van der Waals surface area contributed by atoms with Crippen LogP contribution in [0.25, 0.3) is 0 Å². The fourth-order valence-corrected chi connectivity index (χ4v) is 3.27. The third-order valence-corrected chi connectivity index (χ3v) is 4.80. The van der Waals surface area contributed by atoms with Crippen LogP contribution in [0.4, 0.5) is 10.1 Å². The molecule has 2 aromatic rings. The number of carbonyl (C=O) groups excluding carboxylic acids is 2. The summed E-state index contributed by atoms with van der Waals surface area (Å²) in [5.74, 6) is -1.53. The summed E-state index contributed by atoms with van der Waals surface area (Å²) >= 11 is 0. The molecule has 3 rings (SSSR count). The number of benzene rings is 1. The molecule has 0 radical (unpaired) electrons. The molecule has 0 fully saturated rings. The van der Waals surface area contributed by atoms with Gasteiger partial charge in [-0.15, -0.1) is 0 Å². The van der Waals surface area contributed by atoms with Gasteiger partial charge in [0.15, 0.2) is 5.96 Å². The highest BCUT2D eigenvalue weighted by atomic mass is 19.1. The Bertz CT molecular complexity index is 913. The first-order valence-electron chi connectivity index (χ1n) is 8.55. The molecule has 27 heavy (non-hydrogen) atoms. The van der Waals surface area contributed by atoms with E-state index in [9.17, 15) is 14.0 Å². The Morgan fingerprint density at radius 2 is 2.15 bits per heavy atom. The van der Waals surface area contributed by atoms with Gasteiger partial charge in [0.1, 0.15) is 17.1 Å². The smallest absolute Gasteiger partial charge is 0.274 e. The number of pyridine rings is 1. The predicted molar refractivity (Wildman–Crippen MR) is 99.5 cm³/mol. The highest BCUT2D eigenvalue weighted by molar-refractivity contribution is 6.03. The number of hydrogen-bond donors (Lipinski definition) is 3. The molecule has 2 amide bonds. The van der Waals surface area contributed by atoms with Gasteiger partial charge in [-0.05, 0) is 36.2 Å². The number of nitrogens with one attached hydrogen (secondary N) is 2. The second-order valence-electron chi connectivity index (χ2n) is 6.38. The van der Waals surface area contributed by atoms with Crippen molar-refractivity contribution in [2.24, 2.45) is 16.6 Å². The fraction of sp³-hybridized carbons (Fsp3) is 0.263. The van der Waals surface area contributed by atoms with Crippen LogP contribution < -0.4 is 16.4 Å². The number of anilines is 1. The number of rotatable bonds is 4. The van der Waals surface area contributed by atoms with Crippen LogP contribution in [-0.2, 0) is 10.3 Å². The summed E-state index contributed by atoms with van der Waals surface area (Å²) in [6.45, 7) is 3.72. The Hall–Kier alpha value is -3.29. The van der Waals surface area contributed by atoms with E-state index in [0.717, 1.165) is 11.8 Å². The van der Waals surface area contributed by atoms with Crippen LogP contribution in [0.1, 0.15) is 36.3 Å². The van der Waals surface area contributed by atoms with Gasteiger partial charge in [-0.1, -0.05) is 26.0 Å². The SMILES string of the molecule is CC[C@]1(c2cccc(NC(=O)c3ccc(F)cn3)c2)N=C(N)NC(=O)C1C. The van der Waals surface area contributed by atoms with Gasteiger partial charge in [0.05, 0.1) is 12.1 Å². The van der Waals surface area contributed by atoms with Gasteiger partial charge >= 0.3 is 0 Å². The van der Waals surface area contributed by atoms with Crippen molar-refractivity contribution in [3.63, 3.8) is 0 Å². The molecule has 0 saturated heterocycles. The summed E-state index contributed by atoms with van der Waals surface area (Å²) in [6, 6.07) is 9.57. The van der Waals surface area contributed by atoms with Gasteiger partial charge < -0.3 is 11.1 Å². The Morgan fingerprint density at radius 1 is 1.37 bits per heavy atom. The molecular weight excluding hydrogens is 349 g/mol. The molecule has 0 aliphatic carbocycles. The Labute approximate surface area is 155 Å². The molecule has 0 saturated carbocycles. The molecule has 140 valence electrons. The van der Waals surface area contributed by atoms with E-state index in [0.29, 0.717) is 12.1 Å². The van der Waals surface area contributed by atoms with Crippen LogP contribution >= 0.6 is 0 Å². The summed E-state index contributed by atoms with van der Waals surface area (Å²) in [5, 5.41) is 5.27. The molecule has 1 unspecified atom stereocenters. The zero-order valence-electron chi connectivity index (χ0n) is 15.0. The molecule has 4 N–H and O–H groups in total. The van der Waals surface area contributed by atoms with Gasteiger partial charge in [-0.3, -0.25) is 14.9 Å². The van der Waals surface area contributed by atoms with E-state index >= 15 is 0 Å². The van der Waals surface area contributed by atoms with Crippen molar-refractivity contribution in [2.45, 2.75) is 25.8 Å². The average molecular weight is 369 g/mol. The van der Waals surface area contributed by atoms with Crippen LogP contribution in [0.5, 0.6) is 0 Å². The van der Waals surface area contributed by atoms with Gasteiger partial charge in [-0.25, -0.2) is 14.4 Å². The summed E-state index contributed by atoms with van der Waals surface area (Å²) < 4.78 is 13.0. The van der Waals surface area contributed by atoms with Gasteiger partial charge in [-0.2, -0.15) is 0 Å². The number of carbonyl (C=O) groups is 2. The van der Waals surface area contributed by atoms with Gasteiger partial charge in [0.25, 0.3) is 5.91 Å². The first-order valence-corrected chi connectivity index (χ1v) is 8.55. The van der Waals surface area contributed by atoms with E-state index in [4.69, 9.17) is 5.73 Å². The van der Waals surface area contributed by atoms with Gasteiger partial charge in [0, 0.05) is 5.69 Å².